The molecule has 26 heavy (non-hydrogen) atoms. The van der Waals surface area contributed by atoms with Crippen molar-refractivity contribution >= 4 is 35.2 Å². The van der Waals surface area contributed by atoms with Gasteiger partial charge in [0.1, 0.15) is 5.69 Å². The number of aromatic nitrogens is 2. The highest BCUT2D eigenvalue weighted by Gasteiger charge is 2.26. The van der Waals surface area contributed by atoms with Crippen LogP contribution in [0.2, 0.25) is 10.0 Å². The van der Waals surface area contributed by atoms with Crippen LogP contribution < -0.4 is 0 Å². The van der Waals surface area contributed by atoms with Crippen LogP contribution in [0.25, 0.3) is 11.3 Å². The maximum Gasteiger partial charge on any atom is 0.409 e. The van der Waals surface area contributed by atoms with Crippen molar-refractivity contribution in [1.29, 1.82) is 0 Å². The quantitative estimate of drug-likeness (QED) is 0.862. The lowest BCUT2D eigenvalue weighted by molar-refractivity contribution is 0.0566. The van der Waals surface area contributed by atoms with E-state index in [2.05, 4.69) is 10.2 Å². The molecule has 0 spiro atoms. The van der Waals surface area contributed by atoms with Gasteiger partial charge >= 0.3 is 6.09 Å². The number of aromatic amines is 1. The molecule has 1 aromatic heterocycles. The zero-order valence-electron chi connectivity index (χ0n) is 14.2. The van der Waals surface area contributed by atoms with E-state index in [9.17, 15) is 9.59 Å². The highest BCUT2D eigenvalue weighted by molar-refractivity contribution is 6.42. The van der Waals surface area contributed by atoms with Gasteiger partial charge in [0.15, 0.2) is 0 Å². The van der Waals surface area contributed by atoms with Crippen molar-refractivity contribution in [1.82, 2.24) is 20.0 Å². The summed E-state index contributed by atoms with van der Waals surface area (Å²) in [6, 6.07) is 6.85. The lowest BCUT2D eigenvalue weighted by Crippen LogP contribution is -2.50. The molecule has 1 aliphatic heterocycles. The molecule has 1 saturated heterocycles. The number of benzene rings is 1. The lowest BCUT2D eigenvalue weighted by Gasteiger charge is -2.33. The lowest BCUT2D eigenvalue weighted by atomic mass is 10.1. The molecule has 2 heterocycles. The number of amides is 2. The van der Waals surface area contributed by atoms with Gasteiger partial charge in [-0.15, -0.1) is 0 Å². The van der Waals surface area contributed by atoms with Crippen molar-refractivity contribution in [3.63, 3.8) is 0 Å². The summed E-state index contributed by atoms with van der Waals surface area (Å²) in [4.78, 5) is 27.6. The van der Waals surface area contributed by atoms with E-state index >= 15 is 0 Å². The second kappa shape index (κ2) is 7.97. The highest BCUT2D eigenvalue weighted by atomic mass is 35.5. The molecular formula is C17H18Cl2N4O3. The van der Waals surface area contributed by atoms with E-state index in [1.165, 1.54) is 0 Å². The van der Waals surface area contributed by atoms with Crippen LogP contribution in [0.5, 0.6) is 0 Å². The minimum absolute atomic E-state index is 0.160. The van der Waals surface area contributed by atoms with Crippen LogP contribution in [0.15, 0.2) is 24.3 Å². The summed E-state index contributed by atoms with van der Waals surface area (Å²) in [6.45, 7) is 3.87. The van der Waals surface area contributed by atoms with Crippen molar-refractivity contribution in [3.05, 3.63) is 40.0 Å². The molecule has 1 aliphatic rings. The van der Waals surface area contributed by atoms with Crippen molar-refractivity contribution in [3.8, 4) is 11.3 Å². The SMILES string of the molecule is CCOC(=O)N1CCN(C(=O)c2cc(-c3ccc(Cl)c(Cl)c3)n[nH]2)CC1. The Bertz CT molecular complexity index is 816. The first-order chi connectivity index (χ1) is 12.5. The molecule has 3 rings (SSSR count). The Labute approximate surface area is 160 Å². The van der Waals surface area contributed by atoms with Gasteiger partial charge in [0.05, 0.1) is 22.3 Å². The van der Waals surface area contributed by atoms with Gasteiger partial charge in [-0.1, -0.05) is 29.3 Å². The molecule has 2 aromatic rings. The fourth-order valence-corrected chi connectivity index (χ4v) is 3.01. The Kier molecular flexibility index (Phi) is 5.68. The molecule has 0 bridgehead atoms. The summed E-state index contributed by atoms with van der Waals surface area (Å²) in [5, 5.41) is 7.84. The number of ether oxygens (including phenoxy) is 1. The molecular weight excluding hydrogens is 379 g/mol. The Hall–Kier alpha value is -2.25. The minimum atomic E-state index is -0.344. The summed E-state index contributed by atoms with van der Waals surface area (Å²) in [6.07, 6.45) is -0.344. The summed E-state index contributed by atoms with van der Waals surface area (Å²) < 4.78 is 4.98. The number of hydrogen-bond acceptors (Lipinski definition) is 4. The van der Waals surface area contributed by atoms with E-state index < -0.39 is 0 Å². The highest BCUT2D eigenvalue weighted by Crippen LogP contribution is 2.28. The van der Waals surface area contributed by atoms with E-state index in [0.717, 1.165) is 5.56 Å². The van der Waals surface area contributed by atoms with Crippen LogP contribution in [0.3, 0.4) is 0 Å². The van der Waals surface area contributed by atoms with E-state index in [0.29, 0.717) is 54.2 Å². The van der Waals surface area contributed by atoms with E-state index in [1.54, 1.807) is 41.0 Å². The van der Waals surface area contributed by atoms with Crippen molar-refractivity contribution in [2.45, 2.75) is 6.92 Å². The molecule has 1 fully saturated rings. The normalized spacial score (nSPS) is 14.4. The molecule has 7 nitrogen and oxygen atoms in total. The standard InChI is InChI=1S/C17H18Cl2N4O3/c1-2-26-17(25)23-7-5-22(6-8-23)16(24)15-10-14(20-21-15)11-3-4-12(18)13(19)9-11/h3-4,9-10H,2,5-8H2,1H3,(H,20,21). The zero-order chi connectivity index (χ0) is 18.7. The van der Waals surface area contributed by atoms with Gasteiger partial charge in [0.25, 0.3) is 5.91 Å². The number of nitrogens with one attached hydrogen (secondary N) is 1. The van der Waals surface area contributed by atoms with Gasteiger partial charge < -0.3 is 14.5 Å². The molecule has 1 N–H and O–H groups in total. The van der Waals surface area contributed by atoms with Gasteiger partial charge in [-0.05, 0) is 25.1 Å². The Balaban J connectivity index is 1.65. The number of rotatable bonds is 3. The van der Waals surface area contributed by atoms with Gasteiger partial charge in [-0.3, -0.25) is 9.89 Å². The Morgan fingerprint density at radius 2 is 1.81 bits per heavy atom. The fraction of sp³-hybridized carbons (Fsp3) is 0.353. The van der Waals surface area contributed by atoms with Crippen LogP contribution in [-0.4, -0.2) is 64.8 Å². The second-order valence-electron chi connectivity index (χ2n) is 5.77. The van der Waals surface area contributed by atoms with E-state index in [-0.39, 0.29) is 12.0 Å². The Morgan fingerprint density at radius 3 is 2.46 bits per heavy atom. The predicted octanol–water partition coefficient (Wildman–Crippen LogP) is 3.30. The fourth-order valence-electron chi connectivity index (χ4n) is 2.71. The van der Waals surface area contributed by atoms with Crippen LogP contribution in [0.4, 0.5) is 4.79 Å². The third-order valence-electron chi connectivity index (χ3n) is 4.12. The maximum absolute atomic E-state index is 12.6. The van der Waals surface area contributed by atoms with Gasteiger partial charge in [-0.2, -0.15) is 5.10 Å². The zero-order valence-corrected chi connectivity index (χ0v) is 15.7. The molecule has 0 unspecified atom stereocenters. The first-order valence-electron chi connectivity index (χ1n) is 8.21. The third-order valence-corrected chi connectivity index (χ3v) is 4.86. The van der Waals surface area contributed by atoms with Gasteiger partial charge in [-0.25, -0.2) is 4.79 Å². The topological polar surface area (TPSA) is 78.5 Å². The molecule has 1 aromatic carbocycles. The average molecular weight is 397 g/mol. The molecule has 0 atom stereocenters. The monoisotopic (exact) mass is 396 g/mol. The third kappa shape index (κ3) is 3.94. The smallest absolute Gasteiger partial charge is 0.409 e. The number of hydrogen-bond donors (Lipinski definition) is 1. The summed E-state index contributed by atoms with van der Waals surface area (Å²) in [5.41, 5.74) is 1.76. The number of carbonyl (C=O) groups excluding carboxylic acids is 2. The van der Waals surface area contributed by atoms with Crippen LogP contribution in [0, 0.1) is 0 Å². The van der Waals surface area contributed by atoms with Gasteiger partial charge in [0, 0.05) is 31.7 Å². The predicted molar refractivity (Wildman–Crippen MR) is 98.5 cm³/mol. The van der Waals surface area contributed by atoms with Crippen LogP contribution >= 0.6 is 23.2 Å². The molecule has 138 valence electrons. The minimum Gasteiger partial charge on any atom is -0.450 e. The van der Waals surface area contributed by atoms with Crippen LogP contribution in [0.1, 0.15) is 17.4 Å². The van der Waals surface area contributed by atoms with Gasteiger partial charge in [0.2, 0.25) is 0 Å². The number of piperazine rings is 1. The van der Waals surface area contributed by atoms with Crippen molar-refractivity contribution < 1.29 is 14.3 Å². The molecule has 0 radical (unpaired) electrons. The molecule has 0 saturated carbocycles. The van der Waals surface area contributed by atoms with E-state index in [1.807, 2.05) is 0 Å². The summed E-state index contributed by atoms with van der Waals surface area (Å²) in [5.74, 6) is -0.160. The summed E-state index contributed by atoms with van der Waals surface area (Å²) in [7, 11) is 0. The van der Waals surface area contributed by atoms with Crippen molar-refractivity contribution in [2.75, 3.05) is 32.8 Å². The number of H-pyrrole nitrogens is 1. The number of carbonyl (C=O) groups is 2. The van der Waals surface area contributed by atoms with Crippen molar-refractivity contribution in [2.24, 2.45) is 0 Å². The molecule has 9 heteroatoms. The van der Waals surface area contributed by atoms with E-state index in [4.69, 9.17) is 27.9 Å². The maximum atomic E-state index is 12.6. The first kappa shape index (κ1) is 18.5. The first-order valence-corrected chi connectivity index (χ1v) is 8.97. The Morgan fingerprint density at radius 1 is 1.12 bits per heavy atom. The summed E-state index contributed by atoms with van der Waals surface area (Å²) >= 11 is 12.0. The number of halogens is 2. The molecule has 0 aliphatic carbocycles. The number of nitrogens with zero attached hydrogens (tertiary/aromatic N) is 3. The largest absolute Gasteiger partial charge is 0.450 e. The average Bonchev–Trinajstić information content (AvgIpc) is 3.14. The molecule has 2 amide bonds. The van der Waals surface area contributed by atoms with Crippen LogP contribution in [-0.2, 0) is 4.74 Å². The second-order valence-corrected chi connectivity index (χ2v) is 6.59.